The maximum Gasteiger partial charge on any atom is 0.140 e. The molecule has 1 aromatic carbocycles. The van der Waals surface area contributed by atoms with Gasteiger partial charge >= 0.3 is 0 Å². The Kier molecular flexibility index (Phi) is 2.92. The summed E-state index contributed by atoms with van der Waals surface area (Å²) in [6.07, 6.45) is 5.21. The van der Waals surface area contributed by atoms with E-state index in [1.807, 2.05) is 6.20 Å². The topological polar surface area (TPSA) is 29.9 Å². The number of benzene rings is 1. The summed E-state index contributed by atoms with van der Waals surface area (Å²) in [5.41, 5.74) is 3.83. The van der Waals surface area contributed by atoms with E-state index < -0.39 is 0 Å². The van der Waals surface area contributed by atoms with Crippen LogP contribution in [0.4, 0.5) is 0 Å². The fourth-order valence-electron chi connectivity index (χ4n) is 2.67. The Labute approximate surface area is 108 Å². The Balaban J connectivity index is 2.06. The Morgan fingerprint density at radius 3 is 3.00 bits per heavy atom. The summed E-state index contributed by atoms with van der Waals surface area (Å²) in [7, 11) is 0. The molecule has 0 aliphatic carbocycles. The minimum absolute atomic E-state index is 0.544. The highest BCUT2D eigenvalue weighted by Crippen LogP contribution is 2.27. The number of nitrogens with zero attached hydrogens (tertiary/aromatic N) is 2. The van der Waals surface area contributed by atoms with E-state index in [0.717, 1.165) is 18.9 Å². The summed E-state index contributed by atoms with van der Waals surface area (Å²) >= 11 is 0. The molecule has 1 aliphatic heterocycles. The molecule has 18 heavy (non-hydrogen) atoms. The van der Waals surface area contributed by atoms with E-state index in [9.17, 15) is 0 Å². The van der Waals surface area contributed by atoms with Gasteiger partial charge < -0.3 is 9.88 Å². The third kappa shape index (κ3) is 1.95. The van der Waals surface area contributed by atoms with E-state index >= 15 is 0 Å². The normalized spacial score (nSPS) is 19.3. The van der Waals surface area contributed by atoms with Crippen LogP contribution in [0.15, 0.2) is 30.6 Å². The molecule has 0 saturated carbocycles. The molecule has 2 aromatic rings. The molecule has 0 amide bonds. The fraction of sp³-hybridized carbons (Fsp3) is 0.400. The summed E-state index contributed by atoms with van der Waals surface area (Å²) in [5, 5.41) is 3.42. The molecule has 0 unspecified atom stereocenters. The second-order valence-electron chi connectivity index (χ2n) is 5.12. The Morgan fingerprint density at radius 1 is 1.33 bits per heavy atom. The van der Waals surface area contributed by atoms with Gasteiger partial charge in [-0.25, -0.2) is 4.98 Å². The van der Waals surface area contributed by atoms with E-state index in [-0.39, 0.29) is 0 Å². The minimum Gasteiger partial charge on any atom is -0.327 e. The Bertz CT molecular complexity index is 551. The van der Waals surface area contributed by atoms with Crippen LogP contribution in [0.1, 0.15) is 23.6 Å². The summed E-state index contributed by atoms with van der Waals surface area (Å²) in [5.74, 6) is 1.10. The monoisotopic (exact) mass is 241 g/mol. The maximum absolute atomic E-state index is 4.57. The lowest BCUT2D eigenvalue weighted by Crippen LogP contribution is -2.13. The van der Waals surface area contributed by atoms with E-state index in [2.05, 4.69) is 53.1 Å². The van der Waals surface area contributed by atoms with Gasteiger partial charge in [0.05, 0.1) is 0 Å². The van der Waals surface area contributed by atoms with Crippen LogP contribution < -0.4 is 5.32 Å². The highest BCUT2D eigenvalue weighted by molar-refractivity contribution is 5.61. The molecule has 1 aliphatic rings. The number of aryl methyl sites for hydroxylation is 2. The molecule has 0 radical (unpaired) electrons. The zero-order valence-electron chi connectivity index (χ0n) is 11.0. The van der Waals surface area contributed by atoms with Crippen molar-refractivity contribution in [2.75, 3.05) is 13.1 Å². The van der Waals surface area contributed by atoms with Gasteiger partial charge in [-0.15, -0.1) is 0 Å². The van der Waals surface area contributed by atoms with Gasteiger partial charge in [0, 0.05) is 30.5 Å². The molecule has 1 atom stereocenters. The van der Waals surface area contributed by atoms with Crippen molar-refractivity contribution in [3.05, 3.63) is 41.7 Å². The highest BCUT2D eigenvalue weighted by Gasteiger charge is 2.20. The number of rotatable bonds is 2. The lowest BCUT2D eigenvalue weighted by Gasteiger charge is -2.15. The smallest absolute Gasteiger partial charge is 0.140 e. The average molecular weight is 241 g/mol. The zero-order valence-corrected chi connectivity index (χ0v) is 11.0. The van der Waals surface area contributed by atoms with Crippen LogP contribution in [0.5, 0.6) is 0 Å². The van der Waals surface area contributed by atoms with Gasteiger partial charge in [0.25, 0.3) is 0 Å². The molecule has 2 heterocycles. The van der Waals surface area contributed by atoms with Crippen molar-refractivity contribution in [1.82, 2.24) is 14.9 Å². The van der Waals surface area contributed by atoms with Gasteiger partial charge in [0.1, 0.15) is 5.82 Å². The van der Waals surface area contributed by atoms with Gasteiger partial charge in [-0.3, -0.25) is 0 Å². The Morgan fingerprint density at radius 2 is 2.22 bits per heavy atom. The van der Waals surface area contributed by atoms with Crippen molar-refractivity contribution in [2.45, 2.75) is 26.3 Å². The molecular formula is C15H19N3. The van der Waals surface area contributed by atoms with Crippen LogP contribution in [0.2, 0.25) is 0 Å². The second kappa shape index (κ2) is 4.58. The molecule has 3 rings (SSSR count). The largest absolute Gasteiger partial charge is 0.327 e. The van der Waals surface area contributed by atoms with Crippen LogP contribution >= 0.6 is 0 Å². The first-order valence-electron chi connectivity index (χ1n) is 6.57. The third-order valence-electron chi connectivity index (χ3n) is 3.73. The van der Waals surface area contributed by atoms with Gasteiger partial charge in [0.15, 0.2) is 0 Å². The molecule has 0 bridgehead atoms. The van der Waals surface area contributed by atoms with E-state index in [1.54, 1.807) is 0 Å². The average Bonchev–Trinajstić information content (AvgIpc) is 3.00. The van der Waals surface area contributed by atoms with Crippen LogP contribution in [-0.4, -0.2) is 22.6 Å². The number of hydrogen-bond acceptors (Lipinski definition) is 2. The van der Waals surface area contributed by atoms with E-state index in [0.29, 0.717) is 6.04 Å². The van der Waals surface area contributed by atoms with Crippen LogP contribution in [-0.2, 0) is 0 Å². The lowest BCUT2D eigenvalue weighted by atomic mass is 10.0. The summed E-state index contributed by atoms with van der Waals surface area (Å²) < 4.78 is 2.32. The second-order valence-corrected chi connectivity index (χ2v) is 5.12. The molecule has 1 saturated heterocycles. The van der Waals surface area contributed by atoms with Crippen LogP contribution in [0, 0.1) is 13.8 Å². The first-order valence-corrected chi connectivity index (χ1v) is 6.57. The van der Waals surface area contributed by atoms with Gasteiger partial charge in [0.2, 0.25) is 0 Å². The van der Waals surface area contributed by atoms with E-state index in [4.69, 9.17) is 0 Å². The molecule has 3 heteroatoms. The molecule has 3 nitrogen and oxygen atoms in total. The van der Waals surface area contributed by atoms with Crippen molar-refractivity contribution in [3.8, 4) is 11.4 Å². The number of nitrogens with one attached hydrogen (secondary N) is 1. The van der Waals surface area contributed by atoms with Crippen molar-refractivity contribution in [2.24, 2.45) is 0 Å². The molecule has 0 spiro atoms. The van der Waals surface area contributed by atoms with Crippen molar-refractivity contribution in [3.63, 3.8) is 0 Å². The van der Waals surface area contributed by atoms with Crippen LogP contribution in [0.3, 0.4) is 0 Å². The first-order chi connectivity index (χ1) is 8.75. The molecule has 1 fully saturated rings. The predicted molar refractivity (Wildman–Crippen MR) is 73.7 cm³/mol. The summed E-state index contributed by atoms with van der Waals surface area (Å²) in [6.45, 7) is 6.44. The highest BCUT2D eigenvalue weighted by atomic mass is 15.1. The fourth-order valence-corrected chi connectivity index (χ4v) is 2.67. The van der Waals surface area contributed by atoms with Crippen molar-refractivity contribution < 1.29 is 0 Å². The van der Waals surface area contributed by atoms with Gasteiger partial charge in [-0.2, -0.15) is 0 Å². The molecular weight excluding hydrogens is 222 g/mol. The van der Waals surface area contributed by atoms with Gasteiger partial charge in [-0.1, -0.05) is 17.7 Å². The lowest BCUT2D eigenvalue weighted by molar-refractivity contribution is 0.552. The van der Waals surface area contributed by atoms with Crippen LogP contribution in [0.25, 0.3) is 11.4 Å². The molecule has 94 valence electrons. The van der Waals surface area contributed by atoms with Gasteiger partial charge in [-0.05, 0) is 38.4 Å². The third-order valence-corrected chi connectivity index (χ3v) is 3.73. The standard InChI is InChI=1S/C15H19N3/c1-11-3-4-12(2)14(9-11)15-17-7-8-18(15)13-5-6-16-10-13/h3-4,7-9,13,16H,5-6,10H2,1-2H3/t13-/m1/s1. The minimum atomic E-state index is 0.544. The van der Waals surface area contributed by atoms with Crippen molar-refractivity contribution in [1.29, 1.82) is 0 Å². The number of hydrogen-bond donors (Lipinski definition) is 1. The number of aromatic nitrogens is 2. The van der Waals surface area contributed by atoms with E-state index in [1.165, 1.54) is 23.1 Å². The first kappa shape index (κ1) is 11.5. The Hall–Kier alpha value is -1.61. The SMILES string of the molecule is Cc1ccc(C)c(-c2nccn2[C@@H]2CCNC2)c1. The maximum atomic E-state index is 4.57. The summed E-state index contributed by atoms with van der Waals surface area (Å²) in [4.78, 5) is 4.57. The molecule has 1 N–H and O–H groups in total. The number of imidazole rings is 1. The van der Waals surface area contributed by atoms with Crippen molar-refractivity contribution >= 4 is 0 Å². The predicted octanol–water partition coefficient (Wildman–Crippen LogP) is 2.70. The zero-order chi connectivity index (χ0) is 12.5. The summed E-state index contributed by atoms with van der Waals surface area (Å²) in [6, 6.07) is 7.11. The molecule has 1 aromatic heterocycles. The quantitative estimate of drug-likeness (QED) is 0.876.